The number of ether oxygens (including phenoxy) is 2. The molecular weight excluding hydrogens is 461 g/mol. The maximum atomic E-state index is 13.1. The summed E-state index contributed by atoms with van der Waals surface area (Å²) in [7, 11) is -0.755. The van der Waals surface area contributed by atoms with Gasteiger partial charge in [-0.15, -0.1) is 0 Å². The first-order chi connectivity index (χ1) is 16.2. The third-order valence-corrected chi connectivity index (χ3v) is 7.28. The third-order valence-electron chi connectivity index (χ3n) is 5.41. The maximum Gasteiger partial charge on any atom is 0.242 e. The Bertz CT molecular complexity index is 1030. The van der Waals surface area contributed by atoms with Crippen LogP contribution in [0.2, 0.25) is 0 Å². The van der Waals surface area contributed by atoms with E-state index in [4.69, 9.17) is 9.47 Å². The van der Waals surface area contributed by atoms with Gasteiger partial charge in [-0.3, -0.25) is 4.79 Å². The molecular formula is C24H34FN3O5S. The van der Waals surface area contributed by atoms with E-state index in [1.54, 1.807) is 25.3 Å². The first-order valence-electron chi connectivity index (χ1n) is 11.3. The van der Waals surface area contributed by atoms with Crippen molar-refractivity contribution in [1.82, 2.24) is 9.21 Å². The molecule has 2 aromatic carbocycles. The Morgan fingerprint density at radius 2 is 1.71 bits per heavy atom. The number of carbonyl (C=O) groups is 1. The Hall–Kier alpha value is -2.69. The minimum absolute atomic E-state index is 0.00704. The smallest absolute Gasteiger partial charge is 0.242 e. The number of rotatable bonds is 14. The number of amides is 1. The number of carbonyl (C=O) groups excluding carboxylic acids is 1. The van der Waals surface area contributed by atoms with E-state index in [9.17, 15) is 17.6 Å². The van der Waals surface area contributed by atoms with Gasteiger partial charge in [0.1, 0.15) is 12.4 Å². The van der Waals surface area contributed by atoms with Crippen LogP contribution in [0.25, 0.3) is 0 Å². The van der Waals surface area contributed by atoms with Crippen LogP contribution < -0.4 is 14.8 Å². The molecule has 0 aliphatic heterocycles. The van der Waals surface area contributed by atoms with E-state index < -0.39 is 15.8 Å². The molecule has 0 heterocycles. The molecule has 0 spiro atoms. The molecule has 8 nitrogen and oxygen atoms in total. The van der Waals surface area contributed by atoms with Crippen molar-refractivity contribution < 1.29 is 27.1 Å². The van der Waals surface area contributed by atoms with Crippen molar-refractivity contribution in [3.63, 3.8) is 0 Å². The number of benzene rings is 2. The highest BCUT2D eigenvalue weighted by Gasteiger charge is 2.20. The molecule has 188 valence electrons. The predicted octanol–water partition coefficient (Wildman–Crippen LogP) is 3.59. The maximum absolute atomic E-state index is 13.1. The molecule has 0 saturated heterocycles. The van der Waals surface area contributed by atoms with Crippen molar-refractivity contribution in [3.05, 3.63) is 48.3 Å². The lowest BCUT2D eigenvalue weighted by Gasteiger charge is -2.19. The Labute approximate surface area is 201 Å². The molecule has 2 aromatic rings. The van der Waals surface area contributed by atoms with Crippen molar-refractivity contribution >= 4 is 21.6 Å². The Morgan fingerprint density at radius 3 is 2.32 bits per heavy atom. The lowest BCUT2D eigenvalue weighted by Crippen LogP contribution is -2.28. The van der Waals surface area contributed by atoms with Gasteiger partial charge in [-0.2, -0.15) is 0 Å². The molecule has 0 fully saturated rings. The van der Waals surface area contributed by atoms with Crippen molar-refractivity contribution in [2.75, 3.05) is 52.3 Å². The molecule has 0 radical (unpaired) electrons. The summed E-state index contributed by atoms with van der Waals surface area (Å²) < 4.78 is 50.5. The SMILES string of the molecule is CCN(CC)CCOc1cc(NC(=O)CCCN(C)S(=O)(=O)c2ccc(F)cc2)ccc1OC. The number of likely N-dealkylation sites (N-methyl/N-ethyl adjacent to an activating group) is 1. The molecule has 34 heavy (non-hydrogen) atoms. The van der Waals surface area contributed by atoms with Crippen molar-refractivity contribution in [1.29, 1.82) is 0 Å². The fourth-order valence-corrected chi connectivity index (χ4v) is 4.49. The number of sulfonamides is 1. The molecule has 2 rings (SSSR count). The molecule has 0 aromatic heterocycles. The lowest BCUT2D eigenvalue weighted by molar-refractivity contribution is -0.116. The van der Waals surface area contributed by atoms with E-state index in [1.807, 2.05) is 0 Å². The van der Waals surface area contributed by atoms with Crippen LogP contribution in [0.1, 0.15) is 26.7 Å². The van der Waals surface area contributed by atoms with Crippen molar-refractivity contribution in [3.8, 4) is 11.5 Å². The summed E-state index contributed by atoms with van der Waals surface area (Å²) in [6.07, 6.45) is 0.458. The van der Waals surface area contributed by atoms with E-state index in [1.165, 1.54) is 19.2 Å². The van der Waals surface area contributed by atoms with Crippen LogP contribution >= 0.6 is 0 Å². The Balaban J connectivity index is 1.88. The monoisotopic (exact) mass is 495 g/mol. The molecule has 0 unspecified atom stereocenters. The first-order valence-corrected chi connectivity index (χ1v) is 12.7. The fraction of sp³-hybridized carbons (Fsp3) is 0.458. The van der Waals surface area contributed by atoms with Gasteiger partial charge < -0.3 is 19.7 Å². The summed E-state index contributed by atoms with van der Waals surface area (Å²) in [5.74, 6) is 0.365. The summed E-state index contributed by atoms with van der Waals surface area (Å²) in [6, 6.07) is 9.81. The van der Waals surface area contributed by atoms with Crippen LogP contribution in [0, 0.1) is 5.82 Å². The van der Waals surface area contributed by atoms with Gasteiger partial charge in [0.05, 0.1) is 12.0 Å². The molecule has 1 N–H and O–H groups in total. The second-order valence-corrected chi connectivity index (χ2v) is 9.72. The molecule has 0 bridgehead atoms. The number of methoxy groups -OCH3 is 1. The molecule has 0 aliphatic carbocycles. The zero-order chi connectivity index (χ0) is 25.1. The number of hydrogen-bond donors (Lipinski definition) is 1. The Kier molecular flexibility index (Phi) is 10.7. The van der Waals surface area contributed by atoms with Crippen molar-refractivity contribution in [2.45, 2.75) is 31.6 Å². The second kappa shape index (κ2) is 13.3. The number of halogens is 1. The van der Waals surface area contributed by atoms with Gasteiger partial charge in [-0.1, -0.05) is 13.8 Å². The molecule has 10 heteroatoms. The van der Waals surface area contributed by atoms with Gasteiger partial charge in [-0.25, -0.2) is 17.1 Å². The van der Waals surface area contributed by atoms with E-state index >= 15 is 0 Å². The van der Waals surface area contributed by atoms with Gasteiger partial charge in [0.2, 0.25) is 15.9 Å². The summed E-state index contributed by atoms with van der Waals surface area (Å²) >= 11 is 0. The molecule has 0 aliphatic rings. The summed E-state index contributed by atoms with van der Waals surface area (Å²) in [5.41, 5.74) is 0.566. The van der Waals surface area contributed by atoms with Crippen LogP contribution in [-0.2, 0) is 14.8 Å². The van der Waals surface area contributed by atoms with E-state index in [2.05, 4.69) is 24.1 Å². The molecule has 0 saturated carbocycles. The average Bonchev–Trinajstić information content (AvgIpc) is 2.82. The zero-order valence-corrected chi connectivity index (χ0v) is 21.0. The standard InChI is InChI=1S/C24H34FN3O5S/c1-5-28(6-2)16-17-33-23-18-20(11-14-22(23)32-4)26-24(29)8-7-15-27(3)34(30,31)21-12-9-19(25)10-13-21/h9-14,18H,5-8,15-17H2,1-4H3,(H,26,29). The van der Waals surface area contributed by atoms with Crippen LogP contribution in [0.15, 0.2) is 47.4 Å². The highest BCUT2D eigenvalue weighted by molar-refractivity contribution is 7.89. The Morgan fingerprint density at radius 1 is 1.03 bits per heavy atom. The van der Waals surface area contributed by atoms with Gasteiger partial charge in [0.25, 0.3) is 0 Å². The van der Waals surface area contributed by atoms with E-state index in [0.717, 1.165) is 36.1 Å². The minimum Gasteiger partial charge on any atom is -0.493 e. The summed E-state index contributed by atoms with van der Waals surface area (Å²) in [6.45, 7) is 7.48. The minimum atomic E-state index is -3.74. The number of nitrogens with one attached hydrogen (secondary N) is 1. The predicted molar refractivity (Wildman–Crippen MR) is 130 cm³/mol. The van der Waals surface area contributed by atoms with Gasteiger partial charge in [0.15, 0.2) is 11.5 Å². The summed E-state index contributed by atoms with van der Waals surface area (Å²) in [5, 5.41) is 2.81. The van der Waals surface area contributed by atoms with Crippen LogP contribution in [0.3, 0.4) is 0 Å². The first kappa shape index (κ1) is 27.6. The topological polar surface area (TPSA) is 88.2 Å². The number of hydrogen-bond acceptors (Lipinski definition) is 6. The molecule has 0 atom stereocenters. The third kappa shape index (κ3) is 7.96. The lowest BCUT2D eigenvalue weighted by atomic mass is 10.2. The van der Waals surface area contributed by atoms with Crippen molar-refractivity contribution in [2.24, 2.45) is 0 Å². The number of nitrogens with zero attached hydrogens (tertiary/aromatic N) is 2. The average molecular weight is 496 g/mol. The summed E-state index contributed by atoms with van der Waals surface area (Å²) in [4.78, 5) is 14.6. The number of anilines is 1. The largest absolute Gasteiger partial charge is 0.493 e. The van der Waals surface area contributed by atoms with Crippen LogP contribution in [0.5, 0.6) is 11.5 Å². The quantitative estimate of drug-likeness (QED) is 0.431. The van der Waals surface area contributed by atoms with Crippen LogP contribution in [0.4, 0.5) is 10.1 Å². The zero-order valence-electron chi connectivity index (χ0n) is 20.2. The second-order valence-electron chi connectivity index (χ2n) is 7.67. The van der Waals surface area contributed by atoms with E-state index in [0.29, 0.717) is 30.2 Å². The van der Waals surface area contributed by atoms with Gasteiger partial charge in [0, 0.05) is 38.3 Å². The van der Waals surface area contributed by atoms with Crippen LogP contribution in [-0.4, -0.2) is 70.5 Å². The fourth-order valence-electron chi connectivity index (χ4n) is 3.28. The normalized spacial score (nSPS) is 11.6. The highest BCUT2D eigenvalue weighted by atomic mass is 32.2. The van der Waals surface area contributed by atoms with E-state index in [-0.39, 0.29) is 23.8 Å². The highest BCUT2D eigenvalue weighted by Crippen LogP contribution is 2.30. The van der Waals surface area contributed by atoms with Gasteiger partial charge >= 0.3 is 0 Å². The van der Waals surface area contributed by atoms with Gasteiger partial charge in [-0.05, 0) is 55.9 Å². The molecule has 1 amide bonds.